The number of nitrogens with zero attached hydrogens (tertiary/aromatic N) is 4. The van der Waals surface area contributed by atoms with Gasteiger partial charge in [0.15, 0.2) is 0 Å². The van der Waals surface area contributed by atoms with Crippen molar-refractivity contribution in [2.75, 3.05) is 44.7 Å². The van der Waals surface area contributed by atoms with Gasteiger partial charge < -0.3 is 28.9 Å². The van der Waals surface area contributed by atoms with Gasteiger partial charge in [0.05, 0.1) is 30.0 Å². The van der Waals surface area contributed by atoms with Crippen LogP contribution < -0.4 is 19.1 Å². The van der Waals surface area contributed by atoms with Crippen LogP contribution in [0.3, 0.4) is 0 Å². The predicted molar refractivity (Wildman–Crippen MR) is 166 cm³/mol. The minimum Gasteiger partial charge on any atom is -0.495 e. The molecule has 1 aromatic heterocycles. The second-order valence-electron chi connectivity index (χ2n) is 11.8. The molecule has 3 aromatic rings. The fourth-order valence-electron chi connectivity index (χ4n) is 6.60. The molecule has 2 amide bonds. The molecule has 49 heavy (non-hydrogen) atoms. The Morgan fingerprint density at radius 1 is 0.918 bits per heavy atom. The molecule has 2 aliphatic heterocycles. The molecule has 0 bridgehead atoms. The number of pyridine rings is 1. The van der Waals surface area contributed by atoms with E-state index >= 15 is 0 Å². The highest BCUT2D eigenvalue weighted by atomic mass is 19.4. The number of hydrogen-bond donors (Lipinski definition) is 0. The molecular weight excluding hydrogens is 658 g/mol. The van der Waals surface area contributed by atoms with Crippen molar-refractivity contribution in [2.24, 2.45) is 0 Å². The number of methoxy groups -OCH3 is 1. The number of hydrogen-bond acceptors (Lipinski definition) is 7. The van der Waals surface area contributed by atoms with E-state index in [2.05, 4.69) is 14.6 Å². The molecule has 2 atom stereocenters. The van der Waals surface area contributed by atoms with Crippen LogP contribution in [0.1, 0.15) is 48.5 Å². The maximum Gasteiger partial charge on any atom is 0.573 e. The first kappa shape index (κ1) is 35.6. The Kier molecular flexibility index (Phi) is 10.5. The van der Waals surface area contributed by atoms with Gasteiger partial charge in [-0.05, 0) is 55.3 Å². The van der Waals surface area contributed by atoms with Gasteiger partial charge in [-0.25, -0.2) is 0 Å². The van der Waals surface area contributed by atoms with Gasteiger partial charge in [-0.15, -0.1) is 13.2 Å². The van der Waals surface area contributed by atoms with Gasteiger partial charge >= 0.3 is 12.5 Å². The number of para-hydroxylation sites is 2. The number of carbonyl (C=O) groups excluding carboxylic acids is 2. The third-order valence-corrected chi connectivity index (χ3v) is 8.75. The van der Waals surface area contributed by atoms with Crippen LogP contribution in [0.2, 0.25) is 0 Å². The van der Waals surface area contributed by atoms with E-state index in [1.807, 2.05) is 31.2 Å². The summed E-state index contributed by atoms with van der Waals surface area (Å²) < 4.78 is 96.4. The first-order valence-electron chi connectivity index (χ1n) is 15.8. The molecule has 0 N–H and O–H groups in total. The quantitative estimate of drug-likeness (QED) is 0.234. The molecule has 2 aromatic carbocycles. The number of halogens is 6. The van der Waals surface area contributed by atoms with Crippen molar-refractivity contribution in [3.63, 3.8) is 0 Å². The summed E-state index contributed by atoms with van der Waals surface area (Å²) in [5, 5.41) is 0. The van der Waals surface area contributed by atoms with Gasteiger partial charge in [-0.1, -0.05) is 25.5 Å². The lowest BCUT2D eigenvalue weighted by molar-refractivity contribution is -0.274. The number of benzene rings is 2. The van der Waals surface area contributed by atoms with Crippen LogP contribution in [0.15, 0.2) is 67.0 Å². The normalized spacial score (nSPS) is 20.2. The Bertz CT molecular complexity index is 1610. The smallest absolute Gasteiger partial charge is 0.495 e. The summed E-state index contributed by atoms with van der Waals surface area (Å²) in [5.74, 6) is -1.23. The number of anilines is 1. The highest BCUT2D eigenvalue weighted by Crippen LogP contribution is 2.40. The first-order valence-corrected chi connectivity index (χ1v) is 15.8. The second kappa shape index (κ2) is 14.4. The molecule has 2 aliphatic rings. The number of ether oxygens (including phenoxy) is 3. The van der Waals surface area contributed by atoms with E-state index in [4.69, 9.17) is 9.47 Å². The molecule has 15 heteroatoms. The van der Waals surface area contributed by atoms with Crippen LogP contribution in [0.25, 0.3) is 0 Å². The average Bonchev–Trinajstić information content (AvgIpc) is 3.08. The van der Waals surface area contributed by atoms with Gasteiger partial charge in [0.2, 0.25) is 5.60 Å². The van der Waals surface area contributed by atoms with Gasteiger partial charge in [-0.2, -0.15) is 13.2 Å². The SMILES string of the molecule is CCCC1N(C(=O)c2cnccc2C(F)(F)F)CCCC1(Oc1ccc(OC(F)(F)F)cc1)C(=O)N1CCN(c2ccccc2OC)CC1. The zero-order valence-electron chi connectivity index (χ0n) is 26.9. The van der Waals surface area contributed by atoms with Crippen molar-refractivity contribution in [3.05, 3.63) is 78.1 Å². The van der Waals surface area contributed by atoms with Gasteiger partial charge in [0, 0.05) is 51.5 Å². The maximum atomic E-state index is 14.8. The molecule has 0 spiro atoms. The Morgan fingerprint density at radius 3 is 2.22 bits per heavy atom. The first-order chi connectivity index (χ1) is 23.3. The minimum absolute atomic E-state index is 0.0308. The van der Waals surface area contributed by atoms with Gasteiger partial charge in [-0.3, -0.25) is 14.6 Å². The van der Waals surface area contributed by atoms with Crippen molar-refractivity contribution in [2.45, 2.75) is 56.8 Å². The monoisotopic (exact) mass is 694 g/mol. The summed E-state index contributed by atoms with van der Waals surface area (Å²) in [4.78, 5) is 37.5. The molecule has 2 fully saturated rings. The molecule has 0 saturated carbocycles. The van der Waals surface area contributed by atoms with Crippen molar-refractivity contribution in [3.8, 4) is 17.2 Å². The van der Waals surface area contributed by atoms with Crippen LogP contribution in [0, 0.1) is 0 Å². The van der Waals surface area contributed by atoms with E-state index in [1.165, 1.54) is 17.0 Å². The fraction of sp³-hybridized carbons (Fsp3) is 0.441. The molecule has 2 saturated heterocycles. The van der Waals surface area contributed by atoms with Crippen molar-refractivity contribution < 1.29 is 50.1 Å². The highest BCUT2D eigenvalue weighted by Gasteiger charge is 2.56. The summed E-state index contributed by atoms with van der Waals surface area (Å²) in [6.45, 7) is 3.23. The molecule has 0 aliphatic carbocycles. The van der Waals surface area contributed by atoms with E-state index in [1.54, 1.807) is 12.0 Å². The second-order valence-corrected chi connectivity index (χ2v) is 11.8. The van der Waals surface area contributed by atoms with Crippen LogP contribution in [0.5, 0.6) is 17.2 Å². The predicted octanol–water partition coefficient (Wildman–Crippen LogP) is 6.58. The molecule has 9 nitrogen and oxygen atoms in total. The third-order valence-electron chi connectivity index (χ3n) is 8.75. The number of piperazine rings is 1. The molecule has 2 unspecified atom stereocenters. The summed E-state index contributed by atoms with van der Waals surface area (Å²) in [6, 6.07) is 11.7. The lowest BCUT2D eigenvalue weighted by atomic mass is 9.79. The number of alkyl halides is 6. The number of piperidine rings is 1. The third kappa shape index (κ3) is 7.81. The van der Waals surface area contributed by atoms with E-state index in [-0.39, 0.29) is 44.6 Å². The Hall–Kier alpha value is -4.69. The standard InChI is InChI=1S/C34H36F6N4O5/c1-3-7-29-32(48-23-10-12-24(13-11-23)49-34(38,39)40,15-6-17-44(29)30(45)25-22-41-16-14-26(25)33(35,36)37)31(46)43-20-18-42(19-21-43)27-8-4-5-9-28(27)47-2/h4-5,8-14,16,22,29H,3,6-7,15,17-21H2,1-2H3. The zero-order valence-corrected chi connectivity index (χ0v) is 26.9. The Morgan fingerprint density at radius 2 is 1.59 bits per heavy atom. The van der Waals surface area contributed by atoms with E-state index < -0.39 is 52.9 Å². The molecule has 5 rings (SSSR count). The van der Waals surface area contributed by atoms with E-state index in [0.717, 1.165) is 36.3 Å². The number of likely N-dealkylation sites (tertiary alicyclic amines) is 1. The lowest BCUT2D eigenvalue weighted by Gasteiger charge is -2.51. The molecule has 264 valence electrons. The lowest BCUT2D eigenvalue weighted by Crippen LogP contribution is -2.69. The van der Waals surface area contributed by atoms with Crippen LogP contribution >= 0.6 is 0 Å². The van der Waals surface area contributed by atoms with Crippen LogP contribution in [-0.2, 0) is 11.0 Å². The van der Waals surface area contributed by atoms with Crippen LogP contribution in [-0.4, -0.2) is 84.4 Å². The summed E-state index contributed by atoms with van der Waals surface area (Å²) in [5.41, 5.74) is -2.74. The maximum absolute atomic E-state index is 14.8. The number of carbonyl (C=O) groups is 2. The highest BCUT2D eigenvalue weighted by molar-refractivity contribution is 5.97. The summed E-state index contributed by atoms with van der Waals surface area (Å²) in [7, 11) is 1.56. The largest absolute Gasteiger partial charge is 0.573 e. The number of amides is 2. The zero-order chi connectivity index (χ0) is 35.4. The van der Waals surface area contributed by atoms with Crippen molar-refractivity contribution in [1.82, 2.24) is 14.8 Å². The van der Waals surface area contributed by atoms with Crippen LogP contribution in [0.4, 0.5) is 32.0 Å². The number of aromatic nitrogens is 1. The van der Waals surface area contributed by atoms with Crippen molar-refractivity contribution >= 4 is 17.5 Å². The molecular formula is C34H36F6N4O5. The van der Waals surface area contributed by atoms with E-state index in [9.17, 15) is 35.9 Å². The summed E-state index contributed by atoms with van der Waals surface area (Å²) >= 11 is 0. The molecule has 3 heterocycles. The fourth-order valence-corrected chi connectivity index (χ4v) is 6.60. The van der Waals surface area contributed by atoms with Gasteiger partial charge in [0.25, 0.3) is 11.8 Å². The topological polar surface area (TPSA) is 84.4 Å². The number of rotatable bonds is 9. The van der Waals surface area contributed by atoms with E-state index in [0.29, 0.717) is 25.3 Å². The van der Waals surface area contributed by atoms with Gasteiger partial charge in [0.1, 0.15) is 17.2 Å². The molecule has 0 radical (unpaired) electrons. The summed E-state index contributed by atoms with van der Waals surface area (Å²) in [6.07, 6.45) is -7.01. The minimum atomic E-state index is -4.93. The Labute approximate surface area is 279 Å². The Balaban J connectivity index is 1.51. The van der Waals surface area contributed by atoms with Crippen molar-refractivity contribution in [1.29, 1.82) is 0 Å². The average molecular weight is 695 g/mol.